The van der Waals surface area contributed by atoms with E-state index in [1.807, 2.05) is 50.2 Å². The first-order valence-corrected chi connectivity index (χ1v) is 10.1. The van der Waals surface area contributed by atoms with Gasteiger partial charge in [0.05, 0.1) is 29.9 Å². The molecule has 1 aliphatic heterocycles. The van der Waals surface area contributed by atoms with Crippen LogP contribution in [0.1, 0.15) is 32.3 Å². The molecule has 1 amide bonds. The van der Waals surface area contributed by atoms with E-state index < -0.39 is 0 Å². The van der Waals surface area contributed by atoms with Crippen LogP contribution in [0.15, 0.2) is 42.5 Å². The molecule has 2 aromatic rings. The summed E-state index contributed by atoms with van der Waals surface area (Å²) in [5, 5.41) is 24.9. The molecule has 0 radical (unpaired) electrons. The van der Waals surface area contributed by atoms with Crippen molar-refractivity contribution in [1.82, 2.24) is 15.2 Å². The standard InChI is InChI=1S/C23H26N6O/c1-23(2,27-15-22(30)29-11-5-8-19(29)14-25)16-26-21-10-4-9-20(28-21)18-7-3-6-17(12-18)13-24/h3-4,6-7,9-10,12,19,27H,5,8,11,15-16H2,1-2H3,(H,26,28)/t19-/m0/s1. The van der Waals surface area contributed by atoms with Crippen molar-refractivity contribution in [1.29, 1.82) is 10.5 Å². The summed E-state index contributed by atoms with van der Waals surface area (Å²) in [6, 6.07) is 17.1. The highest BCUT2D eigenvalue weighted by molar-refractivity contribution is 5.79. The summed E-state index contributed by atoms with van der Waals surface area (Å²) in [5.74, 6) is 0.685. The monoisotopic (exact) mass is 402 g/mol. The van der Waals surface area contributed by atoms with Crippen molar-refractivity contribution in [2.75, 3.05) is 25.0 Å². The lowest BCUT2D eigenvalue weighted by atomic mass is 10.1. The van der Waals surface area contributed by atoms with Crippen LogP contribution in [-0.2, 0) is 4.79 Å². The van der Waals surface area contributed by atoms with Crippen LogP contribution in [0.4, 0.5) is 5.82 Å². The van der Waals surface area contributed by atoms with Crippen molar-refractivity contribution in [3.8, 4) is 23.4 Å². The van der Waals surface area contributed by atoms with E-state index in [4.69, 9.17) is 10.5 Å². The summed E-state index contributed by atoms with van der Waals surface area (Å²) in [6.45, 7) is 5.44. The van der Waals surface area contributed by atoms with Gasteiger partial charge in [-0.15, -0.1) is 0 Å². The maximum Gasteiger partial charge on any atom is 0.237 e. The Labute approximate surface area is 177 Å². The van der Waals surface area contributed by atoms with Gasteiger partial charge in [-0.2, -0.15) is 10.5 Å². The van der Waals surface area contributed by atoms with Crippen LogP contribution >= 0.6 is 0 Å². The van der Waals surface area contributed by atoms with Crippen LogP contribution in [0.25, 0.3) is 11.3 Å². The zero-order valence-corrected chi connectivity index (χ0v) is 17.4. The average Bonchev–Trinajstić information content (AvgIpc) is 3.25. The second kappa shape index (κ2) is 9.39. The van der Waals surface area contributed by atoms with Gasteiger partial charge in [0.15, 0.2) is 0 Å². The summed E-state index contributed by atoms with van der Waals surface area (Å²) in [4.78, 5) is 18.8. The van der Waals surface area contributed by atoms with Gasteiger partial charge in [-0.3, -0.25) is 4.79 Å². The number of benzene rings is 1. The van der Waals surface area contributed by atoms with Crippen molar-refractivity contribution in [2.45, 2.75) is 38.3 Å². The highest BCUT2D eigenvalue weighted by Gasteiger charge is 2.29. The summed E-state index contributed by atoms with van der Waals surface area (Å²) >= 11 is 0. The maximum atomic E-state index is 12.4. The number of hydrogen-bond acceptors (Lipinski definition) is 6. The van der Waals surface area contributed by atoms with Crippen molar-refractivity contribution in [3.05, 3.63) is 48.0 Å². The second-order valence-corrected chi connectivity index (χ2v) is 8.07. The molecule has 0 aliphatic carbocycles. The normalized spacial score (nSPS) is 16.0. The first-order valence-electron chi connectivity index (χ1n) is 10.1. The fraction of sp³-hybridized carbons (Fsp3) is 0.391. The van der Waals surface area contributed by atoms with Crippen molar-refractivity contribution < 1.29 is 4.79 Å². The number of carbonyl (C=O) groups excluding carboxylic acids is 1. The maximum absolute atomic E-state index is 12.4. The molecule has 7 heteroatoms. The van der Waals surface area contributed by atoms with E-state index in [1.54, 1.807) is 11.0 Å². The van der Waals surface area contributed by atoms with Crippen LogP contribution in [0, 0.1) is 22.7 Å². The molecule has 1 atom stereocenters. The molecule has 1 aromatic heterocycles. The highest BCUT2D eigenvalue weighted by Crippen LogP contribution is 2.20. The van der Waals surface area contributed by atoms with Crippen LogP contribution in [0.5, 0.6) is 0 Å². The molecule has 30 heavy (non-hydrogen) atoms. The molecule has 2 heterocycles. The Morgan fingerprint density at radius 3 is 2.83 bits per heavy atom. The van der Waals surface area contributed by atoms with Gasteiger partial charge in [-0.05, 0) is 51.0 Å². The number of nitrogens with one attached hydrogen (secondary N) is 2. The molecule has 1 fully saturated rings. The number of anilines is 1. The number of pyridine rings is 1. The lowest BCUT2D eigenvalue weighted by Gasteiger charge is -2.28. The zero-order valence-electron chi connectivity index (χ0n) is 17.4. The number of aromatic nitrogens is 1. The first kappa shape index (κ1) is 21.3. The number of hydrogen-bond donors (Lipinski definition) is 2. The molecule has 0 saturated carbocycles. The third-order valence-electron chi connectivity index (χ3n) is 5.19. The van der Waals surface area contributed by atoms with Gasteiger partial charge in [0.25, 0.3) is 0 Å². The van der Waals surface area contributed by atoms with E-state index in [0.29, 0.717) is 18.7 Å². The predicted octanol–water partition coefficient (Wildman–Crippen LogP) is 2.91. The van der Waals surface area contributed by atoms with E-state index >= 15 is 0 Å². The van der Waals surface area contributed by atoms with E-state index in [2.05, 4.69) is 27.8 Å². The summed E-state index contributed by atoms with van der Waals surface area (Å²) in [6.07, 6.45) is 1.64. The molecule has 7 nitrogen and oxygen atoms in total. The third kappa shape index (κ3) is 5.34. The molecule has 1 saturated heterocycles. The van der Waals surface area contributed by atoms with Crippen molar-refractivity contribution in [2.24, 2.45) is 0 Å². The largest absolute Gasteiger partial charge is 0.368 e. The number of nitrogens with zero attached hydrogens (tertiary/aromatic N) is 4. The van der Waals surface area contributed by atoms with Gasteiger partial charge in [0.2, 0.25) is 5.91 Å². The molecule has 0 spiro atoms. The van der Waals surface area contributed by atoms with Gasteiger partial charge < -0.3 is 15.5 Å². The minimum Gasteiger partial charge on any atom is -0.368 e. The van der Waals surface area contributed by atoms with E-state index in [0.717, 1.165) is 29.9 Å². The number of nitriles is 2. The lowest BCUT2D eigenvalue weighted by molar-refractivity contribution is -0.130. The van der Waals surface area contributed by atoms with Crippen molar-refractivity contribution >= 4 is 11.7 Å². The molecule has 1 aromatic carbocycles. The number of rotatable bonds is 7. The second-order valence-electron chi connectivity index (χ2n) is 8.07. The number of amides is 1. The molecule has 154 valence electrons. The molecular weight excluding hydrogens is 376 g/mol. The summed E-state index contributed by atoms with van der Waals surface area (Å²) in [7, 11) is 0. The Bertz CT molecular complexity index is 988. The number of likely N-dealkylation sites (tertiary alicyclic amines) is 1. The Hall–Kier alpha value is -3.42. The first-order chi connectivity index (χ1) is 14.4. The average molecular weight is 403 g/mol. The molecule has 1 aliphatic rings. The highest BCUT2D eigenvalue weighted by atomic mass is 16.2. The van der Waals surface area contributed by atoms with E-state index in [9.17, 15) is 4.79 Å². The molecule has 3 rings (SSSR count). The molecule has 0 bridgehead atoms. The molecule has 2 N–H and O–H groups in total. The van der Waals surface area contributed by atoms with Gasteiger partial charge in [0.1, 0.15) is 11.9 Å². The van der Waals surface area contributed by atoms with Crippen LogP contribution in [0.2, 0.25) is 0 Å². The predicted molar refractivity (Wildman–Crippen MR) is 115 cm³/mol. The smallest absolute Gasteiger partial charge is 0.237 e. The van der Waals surface area contributed by atoms with E-state index in [-0.39, 0.29) is 24.0 Å². The lowest BCUT2D eigenvalue weighted by Crippen LogP contribution is -2.50. The Balaban J connectivity index is 1.57. The minimum atomic E-state index is -0.351. The van der Waals surface area contributed by atoms with Crippen molar-refractivity contribution in [3.63, 3.8) is 0 Å². The topological polar surface area (TPSA) is 105 Å². The van der Waals surface area contributed by atoms with Crippen LogP contribution in [0.3, 0.4) is 0 Å². The van der Waals surface area contributed by atoms with E-state index in [1.165, 1.54) is 0 Å². The fourth-order valence-corrected chi connectivity index (χ4v) is 3.43. The number of carbonyl (C=O) groups is 1. The van der Waals surface area contributed by atoms with Gasteiger partial charge >= 0.3 is 0 Å². The van der Waals surface area contributed by atoms with Crippen LogP contribution in [-0.4, -0.2) is 47.0 Å². The van der Waals surface area contributed by atoms with Gasteiger partial charge in [-0.1, -0.05) is 18.2 Å². The Morgan fingerprint density at radius 2 is 2.07 bits per heavy atom. The summed E-state index contributed by atoms with van der Waals surface area (Å²) in [5.41, 5.74) is 1.92. The van der Waals surface area contributed by atoms with Crippen LogP contribution < -0.4 is 10.6 Å². The molecule has 0 unspecified atom stereocenters. The SMILES string of the molecule is CC(C)(CNc1cccc(-c2cccc(C#N)c2)n1)NCC(=O)N1CCC[C@H]1C#N. The van der Waals surface area contributed by atoms with Gasteiger partial charge in [0, 0.05) is 24.2 Å². The quantitative estimate of drug-likeness (QED) is 0.738. The van der Waals surface area contributed by atoms with Gasteiger partial charge in [-0.25, -0.2) is 4.98 Å². The molecular formula is C23H26N6O. The zero-order chi connectivity index (χ0) is 21.6. The Kier molecular flexibility index (Phi) is 6.66. The third-order valence-corrected chi connectivity index (χ3v) is 5.19. The minimum absolute atomic E-state index is 0.0374. The Morgan fingerprint density at radius 1 is 1.27 bits per heavy atom. The summed E-state index contributed by atoms with van der Waals surface area (Å²) < 4.78 is 0. The fourth-order valence-electron chi connectivity index (χ4n) is 3.43.